The van der Waals surface area contributed by atoms with Crippen molar-refractivity contribution in [3.8, 4) is 0 Å². The molecule has 22 heavy (non-hydrogen) atoms. The summed E-state index contributed by atoms with van der Waals surface area (Å²) in [6, 6.07) is 2.93. The maximum absolute atomic E-state index is 12.2. The molecule has 0 aliphatic carbocycles. The summed E-state index contributed by atoms with van der Waals surface area (Å²) in [6.07, 6.45) is 3.90. The van der Waals surface area contributed by atoms with Crippen LogP contribution in [0.15, 0.2) is 28.7 Å². The van der Waals surface area contributed by atoms with Crippen LogP contribution in [0.1, 0.15) is 16.0 Å². The van der Waals surface area contributed by atoms with Gasteiger partial charge < -0.3 is 0 Å². The summed E-state index contributed by atoms with van der Waals surface area (Å²) in [4.78, 5) is 14.6. The van der Waals surface area contributed by atoms with Crippen molar-refractivity contribution in [1.82, 2.24) is 9.71 Å². The zero-order valence-electron chi connectivity index (χ0n) is 12.1. The second-order valence-corrected chi connectivity index (χ2v) is 7.96. The molecule has 0 saturated heterocycles. The first kappa shape index (κ1) is 16.5. The zero-order chi connectivity index (χ0) is 16.3. The lowest BCUT2D eigenvalue weighted by atomic mass is 10.1. The Hall–Kier alpha value is -1.84. The second-order valence-electron chi connectivity index (χ2n) is 4.71. The van der Waals surface area contributed by atoms with Crippen LogP contribution in [0.4, 0.5) is 5.69 Å². The lowest BCUT2D eigenvalue weighted by Gasteiger charge is -2.06. The number of nitrogens with zero attached hydrogens (tertiary/aromatic N) is 2. The van der Waals surface area contributed by atoms with Gasteiger partial charge in [-0.25, -0.2) is 13.1 Å². The molecular weight excluding hydrogens is 326 g/mol. The molecule has 2 heterocycles. The quantitative estimate of drug-likeness (QED) is 0.641. The average molecular weight is 341 g/mol. The standard InChI is InChI=1S/C13H15N3O4S2/c1-9-8-14-5-3-11(9)4-6-15-22(19,20)13-7-12(16(17)18)10(2)21-13/h3,5,7-8,15H,4,6H2,1-2H3. The molecule has 0 atom stereocenters. The van der Waals surface area contributed by atoms with Crippen molar-refractivity contribution >= 4 is 27.0 Å². The van der Waals surface area contributed by atoms with E-state index in [1.807, 2.05) is 13.0 Å². The van der Waals surface area contributed by atoms with E-state index in [4.69, 9.17) is 0 Å². The Morgan fingerprint density at radius 1 is 1.41 bits per heavy atom. The van der Waals surface area contributed by atoms with Crippen LogP contribution in [0.2, 0.25) is 0 Å². The third kappa shape index (κ3) is 3.67. The first-order valence-corrected chi connectivity index (χ1v) is 8.75. The Morgan fingerprint density at radius 2 is 2.14 bits per heavy atom. The maximum atomic E-state index is 12.2. The number of sulfonamides is 1. The van der Waals surface area contributed by atoms with Gasteiger partial charge in [-0.3, -0.25) is 15.1 Å². The molecule has 7 nitrogen and oxygen atoms in total. The van der Waals surface area contributed by atoms with E-state index in [0.717, 1.165) is 28.5 Å². The van der Waals surface area contributed by atoms with E-state index in [-0.39, 0.29) is 16.4 Å². The number of aromatic nitrogens is 1. The second kappa shape index (κ2) is 6.51. The van der Waals surface area contributed by atoms with Crippen LogP contribution in [0.25, 0.3) is 0 Å². The maximum Gasteiger partial charge on any atom is 0.284 e. The molecule has 9 heteroatoms. The van der Waals surface area contributed by atoms with Gasteiger partial charge in [0.2, 0.25) is 10.0 Å². The summed E-state index contributed by atoms with van der Waals surface area (Å²) in [6.45, 7) is 3.66. The predicted octanol–water partition coefficient (Wildman–Crippen LogP) is 2.19. The SMILES string of the molecule is Cc1cnccc1CCNS(=O)(=O)c1cc([N+](=O)[O-])c(C)s1. The molecule has 0 spiro atoms. The number of aryl methyl sites for hydroxylation is 2. The van der Waals surface area contributed by atoms with Gasteiger partial charge in [-0.1, -0.05) is 0 Å². The number of nitro groups is 1. The van der Waals surface area contributed by atoms with Crippen LogP contribution in [0.3, 0.4) is 0 Å². The van der Waals surface area contributed by atoms with Crippen LogP contribution in [-0.4, -0.2) is 24.9 Å². The lowest BCUT2D eigenvalue weighted by molar-refractivity contribution is -0.385. The average Bonchev–Trinajstić information content (AvgIpc) is 2.84. The number of pyridine rings is 1. The molecule has 1 N–H and O–H groups in total. The first-order valence-electron chi connectivity index (χ1n) is 6.45. The molecule has 2 rings (SSSR count). The third-order valence-corrected chi connectivity index (χ3v) is 6.13. The molecule has 0 radical (unpaired) electrons. The van der Waals surface area contributed by atoms with Gasteiger partial charge in [0.25, 0.3) is 5.69 Å². The van der Waals surface area contributed by atoms with Crippen molar-refractivity contribution in [1.29, 1.82) is 0 Å². The molecule has 0 fully saturated rings. The normalized spacial score (nSPS) is 11.5. The predicted molar refractivity (Wildman–Crippen MR) is 83.6 cm³/mol. The van der Waals surface area contributed by atoms with Crippen molar-refractivity contribution in [2.75, 3.05) is 6.54 Å². The number of nitrogens with one attached hydrogen (secondary N) is 1. The van der Waals surface area contributed by atoms with E-state index >= 15 is 0 Å². The minimum absolute atomic E-state index is 0.0387. The summed E-state index contributed by atoms with van der Waals surface area (Å²) >= 11 is 0.897. The van der Waals surface area contributed by atoms with Gasteiger partial charge in [0.05, 0.1) is 9.80 Å². The molecular formula is C13H15N3O4S2. The van der Waals surface area contributed by atoms with Crippen LogP contribution in [-0.2, 0) is 16.4 Å². The van der Waals surface area contributed by atoms with Crippen molar-refractivity contribution < 1.29 is 13.3 Å². The molecule has 2 aromatic heterocycles. The highest BCUT2D eigenvalue weighted by atomic mass is 32.2. The van der Waals surface area contributed by atoms with E-state index < -0.39 is 14.9 Å². The summed E-state index contributed by atoms with van der Waals surface area (Å²) in [5.74, 6) is 0. The highest BCUT2D eigenvalue weighted by Crippen LogP contribution is 2.30. The Labute approximate surface area is 132 Å². The minimum atomic E-state index is -3.73. The molecule has 0 bridgehead atoms. The van der Waals surface area contributed by atoms with Crippen molar-refractivity contribution in [3.05, 3.63) is 50.6 Å². The van der Waals surface area contributed by atoms with Crippen molar-refractivity contribution in [2.45, 2.75) is 24.5 Å². The Kier molecular flexibility index (Phi) is 4.89. The van der Waals surface area contributed by atoms with E-state index in [1.54, 1.807) is 12.4 Å². The Bertz CT molecular complexity index is 799. The van der Waals surface area contributed by atoms with E-state index in [0.29, 0.717) is 11.3 Å². The van der Waals surface area contributed by atoms with E-state index in [1.165, 1.54) is 6.92 Å². The van der Waals surface area contributed by atoms with Crippen molar-refractivity contribution in [3.63, 3.8) is 0 Å². The number of hydrogen-bond donors (Lipinski definition) is 1. The van der Waals surface area contributed by atoms with Crippen LogP contribution in [0.5, 0.6) is 0 Å². The van der Waals surface area contributed by atoms with Crippen LogP contribution in [0, 0.1) is 24.0 Å². The van der Waals surface area contributed by atoms with Crippen LogP contribution >= 0.6 is 11.3 Å². The van der Waals surface area contributed by atoms with E-state index in [2.05, 4.69) is 9.71 Å². The summed E-state index contributed by atoms with van der Waals surface area (Å²) in [5, 5.41) is 10.8. The number of thiophene rings is 1. The summed E-state index contributed by atoms with van der Waals surface area (Å²) < 4.78 is 26.8. The molecule has 0 unspecified atom stereocenters. The van der Waals surface area contributed by atoms with Crippen molar-refractivity contribution in [2.24, 2.45) is 0 Å². The molecule has 0 saturated carbocycles. The largest absolute Gasteiger partial charge is 0.284 e. The van der Waals surface area contributed by atoms with Gasteiger partial charge in [0.1, 0.15) is 4.21 Å². The fraction of sp³-hybridized carbons (Fsp3) is 0.308. The first-order chi connectivity index (χ1) is 10.3. The molecule has 0 aromatic carbocycles. The highest BCUT2D eigenvalue weighted by molar-refractivity contribution is 7.91. The third-order valence-electron chi connectivity index (χ3n) is 3.15. The lowest BCUT2D eigenvalue weighted by Crippen LogP contribution is -2.25. The Morgan fingerprint density at radius 3 is 2.73 bits per heavy atom. The summed E-state index contributed by atoms with van der Waals surface area (Å²) in [7, 11) is -3.73. The fourth-order valence-corrected chi connectivity index (χ4v) is 4.41. The molecule has 118 valence electrons. The van der Waals surface area contributed by atoms with Gasteiger partial charge in [-0.05, 0) is 37.5 Å². The molecule has 0 amide bonds. The van der Waals surface area contributed by atoms with Crippen LogP contribution < -0.4 is 4.72 Å². The van der Waals surface area contributed by atoms with E-state index in [9.17, 15) is 18.5 Å². The zero-order valence-corrected chi connectivity index (χ0v) is 13.7. The smallest absolute Gasteiger partial charge is 0.264 e. The van der Waals surface area contributed by atoms with Gasteiger partial charge in [0.15, 0.2) is 0 Å². The minimum Gasteiger partial charge on any atom is -0.264 e. The van der Waals surface area contributed by atoms with Gasteiger partial charge in [0, 0.05) is 25.0 Å². The summed E-state index contributed by atoms with van der Waals surface area (Å²) in [5.41, 5.74) is 1.82. The van der Waals surface area contributed by atoms with Gasteiger partial charge in [-0.2, -0.15) is 0 Å². The highest BCUT2D eigenvalue weighted by Gasteiger charge is 2.23. The monoisotopic (exact) mass is 341 g/mol. The van der Waals surface area contributed by atoms with Gasteiger partial charge >= 0.3 is 0 Å². The number of hydrogen-bond acceptors (Lipinski definition) is 6. The molecule has 2 aromatic rings. The molecule has 0 aliphatic rings. The van der Waals surface area contributed by atoms with Gasteiger partial charge in [-0.15, -0.1) is 11.3 Å². The number of rotatable bonds is 6. The fourth-order valence-electron chi connectivity index (χ4n) is 1.93. The Balaban J connectivity index is 2.07. The molecule has 0 aliphatic heterocycles. The topological polar surface area (TPSA) is 102 Å².